The van der Waals surface area contributed by atoms with Crippen LogP contribution in [0.3, 0.4) is 0 Å². The van der Waals surface area contributed by atoms with Gasteiger partial charge in [0.2, 0.25) is 0 Å². The van der Waals surface area contributed by atoms with Crippen LogP contribution in [0.15, 0.2) is 65.2 Å². The second kappa shape index (κ2) is 7.69. The number of rotatable bonds is 4. The predicted molar refractivity (Wildman–Crippen MR) is 114 cm³/mol. The molecular formula is C23H15F2N5O2. The molecule has 0 atom stereocenters. The fourth-order valence-electron chi connectivity index (χ4n) is 3.28. The van der Waals surface area contributed by atoms with Gasteiger partial charge >= 0.3 is 0 Å². The Morgan fingerprint density at radius 3 is 2.56 bits per heavy atom. The van der Waals surface area contributed by atoms with Gasteiger partial charge in [-0.2, -0.15) is 4.98 Å². The van der Waals surface area contributed by atoms with Gasteiger partial charge in [0, 0.05) is 16.8 Å². The second-order valence-corrected chi connectivity index (χ2v) is 7.12. The van der Waals surface area contributed by atoms with Gasteiger partial charge in [-0.05, 0) is 67.6 Å². The Morgan fingerprint density at radius 2 is 1.81 bits per heavy atom. The molecule has 0 aliphatic rings. The average molecular weight is 431 g/mol. The van der Waals surface area contributed by atoms with E-state index in [0.29, 0.717) is 39.6 Å². The van der Waals surface area contributed by atoms with E-state index in [4.69, 9.17) is 4.52 Å². The minimum absolute atomic E-state index is 0.0308. The number of anilines is 1. The molecule has 0 radical (unpaired) electrons. The third kappa shape index (κ3) is 3.71. The van der Waals surface area contributed by atoms with Crippen LogP contribution in [0.1, 0.15) is 16.2 Å². The molecule has 0 saturated carbocycles. The molecule has 32 heavy (non-hydrogen) atoms. The predicted octanol–water partition coefficient (Wildman–Crippen LogP) is 5.12. The Bertz CT molecular complexity index is 1460. The standard InChI is InChI=1S/C23H15F2N5O2/c1-12-26-23(32-30-12)14-4-2-13(3-5-14)22(31)27-16-7-9-19-20(11-16)29-21(28-19)17-10-15(24)6-8-18(17)25/h2-11H,1H3,(H,27,31)(H,28,29). The first-order valence-corrected chi connectivity index (χ1v) is 9.63. The molecule has 0 spiro atoms. The van der Waals surface area contributed by atoms with Crippen molar-refractivity contribution in [1.82, 2.24) is 20.1 Å². The summed E-state index contributed by atoms with van der Waals surface area (Å²) >= 11 is 0. The van der Waals surface area contributed by atoms with Crippen molar-refractivity contribution in [1.29, 1.82) is 0 Å². The number of carbonyl (C=O) groups is 1. The molecule has 2 aromatic heterocycles. The van der Waals surface area contributed by atoms with Crippen molar-refractivity contribution in [2.45, 2.75) is 6.92 Å². The molecule has 0 fully saturated rings. The minimum atomic E-state index is -0.585. The Morgan fingerprint density at radius 1 is 1.00 bits per heavy atom. The van der Waals surface area contributed by atoms with E-state index >= 15 is 0 Å². The number of aryl methyl sites for hydroxylation is 1. The number of amides is 1. The third-order valence-electron chi connectivity index (χ3n) is 4.84. The lowest BCUT2D eigenvalue weighted by molar-refractivity contribution is 0.102. The summed E-state index contributed by atoms with van der Waals surface area (Å²) in [6, 6.07) is 15.0. The molecule has 158 valence electrons. The van der Waals surface area contributed by atoms with E-state index in [-0.39, 0.29) is 17.3 Å². The Kier molecular flexibility index (Phi) is 4.70. The van der Waals surface area contributed by atoms with Crippen molar-refractivity contribution in [2.24, 2.45) is 0 Å². The minimum Gasteiger partial charge on any atom is -0.338 e. The van der Waals surface area contributed by atoms with Crippen LogP contribution >= 0.6 is 0 Å². The first kappa shape index (κ1) is 19.6. The number of nitrogens with zero attached hydrogens (tertiary/aromatic N) is 3. The number of benzene rings is 3. The normalized spacial score (nSPS) is 11.1. The molecule has 3 aromatic carbocycles. The van der Waals surface area contributed by atoms with Crippen LogP contribution in [-0.4, -0.2) is 26.0 Å². The molecule has 9 heteroatoms. The largest absolute Gasteiger partial charge is 0.338 e. The lowest BCUT2D eigenvalue weighted by Crippen LogP contribution is -2.11. The van der Waals surface area contributed by atoms with Gasteiger partial charge in [0.1, 0.15) is 17.5 Å². The van der Waals surface area contributed by atoms with Crippen molar-refractivity contribution in [3.8, 4) is 22.8 Å². The van der Waals surface area contributed by atoms with Crippen molar-refractivity contribution in [3.63, 3.8) is 0 Å². The summed E-state index contributed by atoms with van der Waals surface area (Å²) in [6.07, 6.45) is 0. The van der Waals surface area contributed by atoms with E-state index in [1.807, 2.05) is 0 Å². The lowest BCUT2D eigenvalue weighted by Gasteiger charge is -2.05. The molecule has 0 bridgehead atoms. The first-order chi connectivity index (χ1) is 15.5. The molecule has 7 nitrogen and oxygen atoms in total. The number of H-pyrrole nitrogens is 1. The molecular weight excluding hydrogens is 416 g/mol. The number of carbonyl (C=O) groups excluding carboxylic acids is 1. The Hall–Kier alpha value is -4.40. The van der Waals surface area contributed by atoms with E-state index in [9.17, 15) is 13.6 Å². The zero-order valence-corrected chi connectivity index (χ0v) is 16.7. The third-order valence-corrected chi connectivity index (χ3v) is 4.84. The van der Waals surface area contributed by atoms with Gasteiger partial charge in [-0.25, -0.2) is 13.8 Å². The second-order valence-electron chi connectivity index (χ2n) is 7.12. The molecule has 0 aliphatic heterocycles. The summed E-state index contributed by atoms with van der Waals surface area (Å²) in [5, 5.41) is 6.56. The molecule has 0 saturated heterocycles. The van der Waals surface area contributed by atoms with Gasteiger partial charge in [-0.15, -0.1) is 0 Å². The summed E-state index contributed by atoms with van der Waals surface area (Å²) in [5.41, 5.74) is 2.83. The summed E-state index contributed by atoms with van der Waals surface area (Å²) in [7, 11) is 0. The number of halogens is 2. The van der Waals surface area contributed by atoms with Crippen LogP contribution < -0.4 is 5.32 Å². The maximum atomic E-state index is 14.1. The van der Waals surface area contributed by atoms with E-state index in [1.54, 1.807) is 49.4 Å². The number of aromatic nitrogens is 4. The maximum Gasteiger partial charge on any atom is 0.257 e. The number of hydrogen-bond acceptors (Lipinski definition) is 5. The SMILES string of the molecule is Cc1noc(-c2ccc(C(=O)Nc3ccc4nc(-c5cc(F)ccc5F)[nH]c4c3)cc2)n1. The van der Waals surface area contributed by atoms with E-state index in [0.717, 1.165) is 18.2 Å². The summed E-state index contributed by atoms with van der Waals surface area (Å²) in [4.78, 5) is 24.1. The van der Waals surface area contributed by atoms with Crippen LogP contribution in [0.4, 0.5) is 14.5 Å². The van der Waals surface area contributed by atoms with Crippen molar-refractivity contribution >= 4 is 22.6 Å². The highest BCUT2D eigenvalue weighted by Crippen LogP contribution is 2.26. The highest BCUT2D eigenvalue weighted by molar-refractivity contribution is 6.05. The van der Waals surface area contributed by atoms with Gasteiger partial charge in [-0.1, -0.05) is 5.16 Å². The number of aromatic amines is 1. The molecule has 0 unspecified atom stereocenters. The van der Waals surface area contributed by atoms with Crippen LogP contribution in [0, 0.1) is 18.6 Å². The Balaban J connectivity index is 1.37. The van der Waals surface area contributed by atoms with Gasteiger partial charge < -0.3 is 14.8 Å². The molecule has 2 N–H and O–H groups in total. The lowest BCUT2D eigenvalue weighted by atomic mass is 10.1. The van der Waals surface area contributed by atoms with Crippen molar-refractivity contribution in [2.75, 3.05) is 5.32 Å². The average Bonchev–Trinajstić information content (AvgIpc) is 3.41. The van der Waals surface area contributed by atoms with Gasteiger partial charge in [-0.3, -0.25) is 4.79 Å². The van der Waals surface area contributed by atoms with Crippen LogP contribution in [-0.2, 0) is 0 Å². The molecule has 2 heterocycles. The van der Waals surface area contributed by atoms with E-state index in [2.05, 4.69) is 25.4 Å². The van der Waals surface area contributed by atoms with Gasteiger partial charge in [0.25, 0.3) is 11.8 Å². The highest BCUT2D eigenvalue weighted by atomic mass is 19.1. The topological polar surface area (TPSA) is 96.7 Å². The number of fused-ring (bicyclic) bond motifs is 1. The zero-order valence-electron chi connectivity index (χ0n) is 16.7. The monoisotopic (exact) mass is 431 g/mol. The molecule has 5 rings (SSSR count). The number of nitrogens with one attached hydrogen (secondary N) is 2. The molecule has 1 amide bonds. The van der Waals surface area contributed by atoms with Gasteiger partial charge in [0.05, 0.1) is 16.6 Å². The van der Waals surface area contributed by atoms with Gasteiger partial charge in [0.15, 0.2) is 5.82 Å². The summed E-state index contributed by atoms with van der Waals surface area (Å²) < 4.78 is 32.7. The highest BCUT2D eigenvalue weighted by Gasteiger charge is 2.13. The van der Waals surface area contributed by atoms with Crippen molar-refractivity contribution in [3.05, 3.63) is 83.7 Å². The van der Waals surface area contributed by atoms with Crippen molar-refractivity contribution < 1.29 is 18.1 Å². The summed E-state index contributed by atoms with van der Waals surface area (Å²) in [6.45, 7) is 1.73. The smallest absolute Gasteiger partial charge is 0.257 e. The quantitative estimate of drug-likeness (QED) is 0.412. The first-order valence-electron chi connectivity index (χ1n) is 9.63. The van der Waals surface area contributed by atoms with E-state index < -0.39 is 11.6 Å². The fraction of sp³-hybridized carbons (Fsp3) is 0.0435. The number of hydrogen-bond donors (Lipinski definition) is 2. The maximum absolute atomic E-state index is 14.1. The van der Waals surface area contributed by atoms with Crippen LogP contribution in [0.25, 0.3) is 33.9 Å². The fourth-order valence-corrected chi connectivity index (χ4v) is 3.28. The number of imidazole rings is 1. The summed E-state index contributed by atoms with van der Waals surface area (Å²) in [5.74, 6) is -0.349. The molecule has 0 aliphatic carbocycles. The van der Waals surface area contributed by atoms with Crippen LogP contribution in [0.2, 0.25) is 0 Å². The zero-order chi connectivity index (χ0) is 22.2. The van der Waals surface area contributed by atoms with Crippen LogP contribution in [0.5, 0.6) is 0 Å². The molecule has 5 aromatic rings. The van der Waals surface area contributed by atoms with E-state index in [1.165, 1.54) is 0 Å². The Labute approximate surface area is 180 Å².